The fourth-order valence-electron chi connectivity index (χ4n) is 3.24. The first-order valence-corrected chi connectivity index (χ1v) is 7.34. The minimum atomic E-state index is -0.0332. The minimum Gasteiger partial charge on any atom is -0.377 e. The number of methoxy groups -OCH3 is 1. The molecular formula is C15H31NO. The Morgan fingerprint density at radius 1 is 1.35 bits per heavy atom. The number of rotatable bonds is 6. The molecule has 0 aromatic heterocycles. The van der Waals surface area contributed by atoms with Crippen molar-refractivity contribution >= 4 is 0 Å². The van der Waals surface area contributed by atoms with Gasteiger partial charge in [-0.2, -0.15) is 0 Å². The molecule has 2 unspecified atom stereocenters. The van der Waals surface area contributed by atoms with E-state index in [1.807, 2.05) is 7.11 Å². The monoisotopic (exact) mass is 241 g/mol. The van der Waals surface area contributed by atoms with Crippen LogP contribution in [0.25, 0.3) is 0 Å². The topological polar surface area (TPSA) is 35.2 Å². The minimum absolute atomic E-state index is 0.0332. The fourth-order valence-corrected chi connectivity index (χ4v) is 3.24. The van der Waals surface area contributed by atoms with Crippen molar-refractivity contribution in [3.05, 3.63) is 0 Å². The molecule has 1 saturated carbocycles. The Balaban J connectivity index is 2.53. The lowest BCUT2D eigenvalue weighted by Gasteiger charge is -2.43. The standard InChI is InChI=1S/C15H31NO/c1-5-6-13(3)11-14(16)15(17-4)9-7-12(2)8-10-15/h12-14H,5-11,16H2,1-4H3. The summed E-state index contributed by atoms with van der Waals surface area (Å²) in [4.78, 5) is 0. The predicted octanol–water partition coefficient (Wildman–Crippen LogP) is 3.74. The Labute approximate surface area is 107 Å². The van der Waals surface area contributed by atoms with E-state index < -0.39 is 0 Å². The van der Waals surface area contributed by atoms with E-state index in [0.717, 1.165) is 31.1 Å². The highest BCUT2D eigenvalue weighted by atomic mass is 16.5. The molecule has 17 heavy (non-hydrogen) atoms. The third-order valence-corrected chi connectivity index (χ3v) is 4.64. The summed E-state index contributed by atoms with van der Waals surface area (Å²) in [6.07, 6.45) is 8.47. The number of hydrogen-bond donors (Lipinski definition) is 1. The molecule has 1 aliphatic rings. The van der Waals surface area contributed by atoms with E-state index in [0.29, 0.717) is 0 Å². The largest absolute Gasteiger partial charge is 0.377 e. The van der Waals surface area contributed by atoms with Crippen LogP contribution in [0.1, 0.15) is 65.7 Å². The first-order chi connectivity index (χ1) is 8.04. The molecule has 0 bridgehead atoms. The van der Waals surface area contributed by atoms with Gasteiger partial charge >= 0.3 is 0 Å². The maximum absolute atomic E-state index is 6.45. The second-order valence-corrected chi connectivity index (χ2v) is 6.19. The van der Waals surface area contributed by atoms with Crippen LogP contribution < -0.4 is 5.73 Å². The Morgan fingerprint density at radius 3 is 2.41 bits per heavy atom. The first-order valence-electron chi connectivity index (χ1n) is 7.34. The smallest absolute Gasteiger partial charge is 0.0829 e. The van der Waals surface area contributed by atoms with Crippen LogP contribution in [0.15, 0.2) is 0 Å². The van der Waals surface area contributed by atoms with Crippen molar-refractivity contribution in [2.24, 2.45) is 17.6 Å². The molecule has 0 amide bonds. The van der Waals surface area contributed by atoms with Crippen molar-refractivity contribution < 1.29 is 4.74 Å². The number of ether oxygens (including phenoxy) is 1. The van der Waals surface area contributed by atoms with Gasteiger partial charge in [-0.25, -0.2) is 0 Å². The molecule has 2 atom stereocenters. The van der Waals surface area contributed by atoms with E-state index in [1.165, 1.54) is 25.7 Å². The molecule has 0 saturated heterocycles. The van der Waals surface area contributed by atoms with E-state index in [2.05, 4.69) is 20.8 Å². The molecule has 2 N–H and O–H groups in total. The Kier molecular flexibility index (Phi) is 5.94. The van der Waals surface area contributed by atoms with Crippen molar-refractivity contribution in [3.8, 4) is 0 Å². The highest BCUT2D eigenvalue weighted by Crippen LogP contribution is 2.38. The van der Waals surface area contributed by atoms with Gasteiger partial charge in [-0.3, -0.25) is 0 Å². The zero-order valence-electron chi connectivity index (χ0n) is 12.2. The van der Waals surface area contributed by atoms with Crippen LogP contribution in [0, 0.1) is 11.8 Å². The SMILES string of the molecule is CCCC(C)CC(N)C1(OC)CCC(C)CC1. The van der Waals surface area contributed by atoms with Crippen molar-refractivity contribution in [1.82, 2.24) is 0 Å². The maximum Gasteiger partial charge on any atom is 0.0829 e. The van der Waals surface area contributed by atoms with Gasteiger partial charge in [0.15, 0.2) is 0 Å². The molecule has 1 fully saturated rings. The van der Waals surface area contributed by atoms with Crippen molar-refractivity contribution in [1.29, 1.82) is 0 Å². The average molecular weight is 241 g/mol. The van der Waals surface area contributed by atoms with E-state index in [1.54, 1.807) is 0 Å². The van der Waals surface area contributed by atoms with Crippen LogP contribution >= 0.6 is 0 Å². The molecule has 0 spiro atoms. The highest BCUT2D eigenvalue weighted by molar-refractivity contribution is 4.95. The van der Waals surface area contributed by atoms with Crippen LogP contribution in [0.5, 0.6) is 0 Å². The van der Waals surface area contributed by atoms with Crippen LogP contribution in [0.2, 0.25) is 0 Å². The molecule has 1 aliphatic carbocycles. The molecule has 2 nitrogen and oxygen atoms in total. The number of nitrogens with two attached hydrogens (primary N) is 1. The molecule has 0 aromatic carbocycles. The second-order valence-electron chi connectivity index (χ2n) is 6.19. The van der Waals surface area contributed by atoms with Gasteiger partial charge in [-0.1, -0.05) is 33.6 Å². The quantitative estimate of drug-likeness (QED) is 0.769. The summed E-state index contributed by atoms with van der Waals surface area (Å²) in [5.74, 6) is 1.57. The van der Waals surface area contributed by atoms with Crippen LogP contribution in [-0.2, 0) is 4.74 Å². The van der Waals surface area contributed by atoms with Gasteiger partial charge in [0.2, 0.25) is 0 Å². The number of hydrogen-bond acceptors (Lipinski definition) is 2. The van der Waals surface area contributed by atoms with Gasteiger partial charge in [-0.05, 0) is 43.9 Å². The van der Waals surface area contributed by atoms with Gasteiger partial charge in [-0.15, -0.1) is 0 Å². The molecule has 102 valence electrons. The molecular weight excluding hydrogens is 210 g/mol. The van der Waals surface area contributed by atoms with Gasteiger partial charge in [0.05, 0.1) is 5.60 Å². The lowest BCUT2D eigenvalue weighted by atomic mass is 9.73. The van der Waals surface area contributed by atoms with Crippen LogP contribution in [0.4, 0.5) is 0 Å². The van der Waals surface area contributed by atoms with Gasteiger partial charge < -0.3 is 10.5 Å². The second kappa shape index (κ2) is 6.75. The summed E-state index contributed by atoms with van der Waals surface area (Å²) in [5, 5.41) is 0. The molecule has 1 rings (SSSR count). The normalized spacial score (nSPS) is 33.4. The van der Waals surface area contributed by atoms with Crippen LogP contribution in [0.3, 0.4) is 0 Å². The Bertz CT molecular complexity index is 209. The molecule has 0 aromatic rings. The molecule has 0 radical (unpaired) electrons. The molecule has 2 heteroatoms. The lowest BCUT2D eigenvalue weighted by molar-refractivity contribution is -0.0703. The van der Waals surface area contributed by atoms with Crippen molar-refractivity contribution in [2.75, 3.05) is 7.11 Å². The third kappa shape index (κ3) is 3.96. The van der Waals surface area contributed by atoms with E-state index in [4.69, 9.17) is 10.5 Å². The summed E-state index contributed by atoms with van der Waals surface area (Å²) in [6.45, 7) is 6.90. The average Bonchev–Trinajstić information content (AvgIpc) is 2.30. The third-order valence-electron chi connectivity index (χ3n) is 4.64. The summed E-state index contributed by atoms with van der Waals surface area (Å²) < 4.78 is 5.84. The van der Waals surface area contributed by atoms with Crippen LogP contribution in [-0.4, -0.2) is 18.8 Å². The van der Waals surface area contributed by atoms with Crippen molar-refractivity contribution in [2.45, 2.75) is 77.4 Å². The Hall–Kier alpha value is -0.0800. The fraction of sp³-hybridized carbons (Fsp3) is 1.00. The zero-order chi connectivity index (χ0) is 12.9. The maximum atomic E-state index is 6.45. The van der Waals surface area contributed by atoms with Gasteiger partial charge in [0.25, 0.3) is 0 Å². The summed E-state index contributed by atoms with van der Waals surface area (Å²) in [7, 11) is 1.85. The Morgan fingerprint density at radius 2 is 1.94 bits per heavy atom. The zero-order valence-corrected chi connectivity index (χ0v) is 12.2. The molecule has 0 aliphatic heterocycles. The predicted molar refractivity (Wildman–Crippen MR) is 74.0 cm³/mol. The summed E-state index contributed by atoms with van der Waals surface area (Å²) >= 11 is 0. The van der Waals surface area contributed by atoms with Gasteiger partial charge in [0, 0.05) is 13.2 Å². The van der Waals surface area contributed by atoms with E-state index in [9.17, 15) is 0 Å². The first kappa shape index (κ1) is 15.0. The highest BCUT2D eigenvalue weighted by Gasteiger charge is 2.39. The lowest BCUT2D eigenvalue weighted by Crippen LogP contribution is -2.52. The summed E-state index contributed by atoms with van der Waals surface area (Å²) in [5.41, 5.74) is 6.41. The van der Waals surface area contributed by atoms with E-state index >= 15 is 0 Å². The van der Waals surface area contributed by atoms with E-state index in [-0.39, 0.29) is 11.6 Å². The van der Waals surface area contributed by atoms with Gasteiger partial charge in [0.1, 0.15) is 0 Å². The molecule has 0 heterocycles. The summed E-state index contributed by atoms with van der Waals surface area (Å²) in [6, 6.07) is 0.210. The van der Waals surface area contributed by atoms with Crippen molar-refractivity contribution in [3.63, 3.8) is 0 Å².